The Morgan fingerprint density at radius 3 is 1.61 bits per heavy atom. The van der Waals surface area contributed by atoms with E-state index in [0.717, 1.165) is 28.6 Å². The van der Waals surface area contributed by atoms with E-state index < -0.39 is 0 Å². The van der Waals surface area contributed by atoms with Crippen LogP contribution in [-0.2, 0) is 0 Å². The van der Waals surface area contributed by atoms with Crippen LogP contribution in [0.15, 0.2) is 72.8 Å². The van der Waals surface area contributed by atoms with Gasteiger partial charge in [0.25, 0.3) is 0 Å². The quantitative estimate of drug-likeness (QED) is 0.410. The molecule has 3 aromatic carbocycles. The van der Waals surface area contributed by atoms with Gasteiger partial charge in [-0.3, -0.25) is 0 Å². The minimum atomic E-state index is 0.561. The molecule has 0 radical (unpaired) electrons. The molecular formula is C28H40O3. The Labute approximate surface area is 190 Å². The van der Waals surface area contributed by atoms with Crippen LogP contribution in [0.2, 0.25) is 0 Å². The van der Waals surface area contributed by atoms with Crippen LogP contribution in [0.5, 0.6) is 23.0 Å². The van der Waals surface area contributed by atoms with Gasteiger partial charge in [-0.15, -0.1) is 0 Å². The topological polar surface area (TPSA) is 27.7 Å². The number of benzene rings is 3. The number of rotatable bonds is 5. The largest absolute Gasteiger partial charge is 0.497 e. The summed E-state index contributed by atoms with van der Waals surface area (Å²) in [5.41, 5.74) is 2.45. The number of ether oxygens (including phenoxy) is 3. The van der Waals surface area contributed by atoms with Crippen LogP contribution in [0.3, 0.4) is 0 Å². The summed E-state index contributed by atoms with van der Waals surface area (Å²) in [7, 11) is 3.30. The van der Waals surface area contributed by atoms with E-state index in [1.165, 1.54) is 5.56 Å². The fourth-order valence-corrected chi connectivity index (χ4v) is 2.47. The van der Waals surface area contributed by atoms with E-state index in [1.54, 1.807) is 14.2 Å². The van der Waals surface area contributed by atoms with Crippen LogP contribution in [0, 0.1) is 6.92 Å². The molecule has 0 spiro atoms. The molecule has 0 aliphatic carbocycles. The van der Waals surface area contributed by atoms with E-state index >= 15 is 0 Å². The fourth-order valence-electron chi connectivity index (χ4n) is 2.47. The van der Waals surface area contributed by atoms with Crippen molar-refractivity contribution in [2.24, 2.45) is 0 Å². The van der Waals surface area contributed by atoms with Crippen LogP contribution < -0.4 is 14.2 Å². The second-order valence-electron chi connectivity index (χ2n) is 6.47. The molecule has 0 fully saturated rings. The Hall–Kier alpha value is -2.94. The van der Waals surface area contributed by atoms with E-state index in [1.807, 2.05) is 95.3 Å². The molecule has 0 bridgehead atoms. The van der Waals surface area contributed by atoms with Gasteiger partial charge in [-0.25, -0.2) is 0 Å². The van der Waals surface area contributed by atoms with E-state index in [4.69, 9.17) is 14.2 Å². The van der Waals surface area contributed by atoms with Crippen molar-refractivity contribution in [2.45, 2.75) is 54.4 Å². The minimum absolute atomic E-state index is 0.561. The van der Waals surface area contributed by atoms with E-state index in [-0.39, 0.29) is 0 Å². The van der Waals surface area contributed by atoms with Gasteiger partial charge >= 0.3 is 0 Å². The third-order valence-electron chi connectivity index (χ3n) is 4.14. The lowest BCUT2D eigenvalue weighted by atomic mass is 10.0. The Bertz CT molecular complexity index is 809. The van der Waals surface area contributed by atoms with Crippen LogP contribution in [-0.4, -0.2) is 14.2 Å². The molecule has 31 heavy (non-hydrogen) atoms. The number of aryl methyl sites for hydroxylation is 1. The molecule has 0 N–H and O–H groups in total. The highest BCUT2D eigenvalue weighted by Gasteiger charge is 2.00. The van der Waals surface area contributed by atoms with E-state index in [2.05, 4.69) is 26.0 Å². The lowest BCUT2D eigenvalue weighted by molar-refractivity contribution is 0.392. The maximum absolute atomic E-state index is 5.71. The summed E-state index contributed by atoms with van der Waals surface area (Å²) in [5.74, 6) is 4.01. The molecule has 0 saturated carbocycles. The van der Waals surface area contributed by atoms with Crippen LogP contribution in [0.4, 0.5) is 0 Å². The summed E-state index contributed by atoms with van der Waals surface area (Å²) in [6.07, 6.45) is 0. The predicted molar refractivity (Wildman–Crippen MR) is 134 cm³/mol. The molecule has 170 valence electrons. The molecule has 0 aliphatic rings. The molecule has 0 heterocycles. The van der Waals surface area contributed by atoms with Crippen molar-refractivity contribution in [2.75, 3.05) is 14.2 Å². The van der Waals surface area contributed by atoms with Gasteiger partial charge < -0.3 is 14.2 Å². The first-order valence-corrected chi connectivity index (χ1v) is 11.0. The van der Waals surface area contributed by atoms with Gasteiger partial charge in [0.2, 0.25) is 0 Å². The van der Waals surface area contributed by atoms with Crippen molar-refractivity contribution < 1.29 is 14.2 Å². The Morgan fingerprint density at radius 1 is 0.613 bits per heavy atom. The molecule has 0 amide bonds. The molecule has 3 rings (SSSR count). The van der Waals surface area contributed by atoms with Crippen molar-refractivity contribution in [3.63, 3.8) is 0 Å². The van der Waals surface area contributed by atoms with E-state index in [0.29, 0.717) is 5.92 Å². The first kappa shape index (κ1) is 28.1. The van der Waals surface area contributed by atoms with Gasteiger partial charge in [0, 0.05) is 6.07 Å². The molecule has 0 atom stereocenters. The summed E-state index contributed by atoms with van der Waals surface area (Å²) in [5, 5.41) is 0. The molecule has 0 aromatic heterocycles. The average Bonchev–Trinajstić information content (AvgIpc) is 2.83. The zero-order valence-corrected chi connectivity index (χ0v) is 20.7. The Kier molecular flexibility index (Phi) is 15.2. The first-order valence-electron chi connectivity index (χ1n) is 11.0. The summed E-state index contributed by atoms with van der Waals surface area (Å²) < 4.78 is 15.9. The normalized spacial score (nSPS) is 9.10. The summed E-state index contributed by atoms with van der Waals surface area (Å²) in [6.45, 7) is 14.4. The van der Waals surface area contributed by atoms with Gasteiger partial charge in [-0.05, 0) is 54.3 Å². The van der Waals surface area contributed by atoms with Gasteiger partial charge in [-0.1, -0.05) is 77.9 Å². The van der Waals surface area contributed by atoms with Crippen LogP contribution in [0.1, 0.15) is 58.6 Å². The third-order valence-corrected chi connectivity index (χ3v) is 4.14. The summed E-state index contributed by atoms with van der Waals surface area (Å²) in [6, 6.07) is 23.8. The fraction of sp³-hybridized carbons (Fsp3) is 0.357. The lowest BCUT2D eigenvalue weighted by Crippen LogP contribution is -1.88. The van der Waals surface area contributed by atoms with Gasteiger partial charge in [0.1, 0.15) is 23.0 Å². The van der Waals surface area contributed by atoms with Gasteiger partial charge in [-0.2, -0.15) is 0 Å². The van der Waals surface area contributed by atoms with Gasteiger partial charge in [0.15, 0.2) is 0 Å². The summed E-state index contributed by atoms with van der Waals surface area (Å²) >= 11 is 0. The van der Waals surface area contributed by atoms with Crippen LogP contribution >= 0.6 is 0 Å². The molecule has 3 heteroatoms. The van der Waals surface area contributed by atoms with Crippen molar-refractivity contribution in [1.29, 1.82) is 0 Å². The van der Waals surface area contributed by atoms with Crippen molar-refractivity contribution in [3.05, 3.63) is 83.9 Å². The number of hydrogen-bond acceptors (Lipinski definition) is 3. The summed E-state index contributed by atoms with van der Waals surface area (Å²) in [4.78, 5) is 0. The maximum Gasteiger partial charge on any atom is 0.127 e. The van der Waals surface area contributed by atoms with Gasteiger partial charge in [0.05, 0.1) is 14.2 Å². The first-order chi connectivity index (χ1) is 15.0. The Morgan fingerprint density at radius 2 is 1.13 bits per heavy atom. The highest BCUT2D eigenvalue weighted by atomic mass is 16.5. The Balaban J connectivity index is 0.000000526. The van der Waals surface area contributed by atoms with E-state index in [9.17, 15) is 0 Å². The smallest absolute Gasteiger partial charge is 0.127 e. The van der Waals surface area contributed by atoms with Crippen molar-refractivity contribution in [1.82, 2.24) is 0 Å². The number of hydrogen-bond donors (Lipinski definition) is 0. The second-order valence-corrected chi connectivity index (χ2v) is 6.47. The molecule has 0 saturated heterocycles. The zero-order chi connectivity index (χ0) is 23.6. The number of methoxy groups -OCH3 is 2. The highest BCUT2D eigenvalue weighted by molar-refractivity contribution is 5.39. The highest BCUT2D eigenvalue weighted by Crippen LogP contribution is 2.24. The maximum atomic E-state index is 5.71. The predicted octanol–water partition coefficient (Wildman–Crippen LogP) is 8.67. The van der Waals surface area contributed by atoms with Crippen molar-refractivity contribution in [3.8, 4) is 23.0 Å². The van der Waals surface area contributed by atoms with Crippen molar-refractivity contribution >= 4 is 0 Å². The SMILES string of the molecule is CC.CC.CC(C)c1ccc(Oc2ccccc2)cc1.COc1ccc(C)c(OC)c1. The average molecular weight is 425 g/mol. The second kappa shape index (κ2) is 16.8. The number of para-hydroxylation sites is 1. The molecule has 0 unspecified atom stereocenters. The standard InChI is InChI=1S/C15H16O.C9H12O2.2C2H6/c1-12(2)13-8-10-15(11-9-13)16-14-6-4-3-5-7-14;1-7-4-5-8(10-2)6-9(7)11-3;2*1-2/h3-12H,1-2H3;4-6H,1-3H3;2*1-2H3. The molecule has 3 nitrogen and oxygen atoms in total. The minimum Gasteiger partial charge on any atom is -0.497 e. The monoisotopic (exact) mass is 424 g/mol. The molecular weight excluding hydrogens is 384 g/mol. The lowest BCUT2D eigenvalue weighted by Gasteiger charge is -2.08. The van der Waals surface area contributed by atoms with Crippen LogP contribution in [0.25, 0.3) is 0 Å². The zero-order valence-electron chi connectivity index (χ0n) is 20.7. The molecule has 0 aliphatic heterocycles. The third kappa shape index (κ3) is 10.6. The molecule has 3 aromatic rings.